The van der Waals surface area contributed by atoms with Crippen LogP contribution in [0.5, 0.6) is 17.2 Å². The van der Waals surface area contributed by atoms with Gasteiger partial charge in [-0.15, -0.1) is 0 Å². The van der Waals surface area contributed by atoms with Crippen LogP contribution in [0.2, 0.25) is 0 Å². The van der Waals surface area contributed by atoms with Crippen LogP contribution in [0.4, 0.5) is 0 Å². The fourth-order valence-corrected chi connectivity index (χ4v) is 2.33. The second-order valence-corrected chi connectivity index (χ2v) is 4.93. The van der Waals surface area contributed by atoms with E-state index in [1.807, 2.05) is 30.3 Å². The lowest BCUT2D eigenvalue weighted by atomic mass is 10.2. The van der Waals surface area contributed by atoms with Crippen molar-refractivity contribution in [3.05, 3.63) is 64.5 Å². The molecule has 0 bridgehead atoms. The summed E-state index contributed by atoms with van der Waals surface area (Å²) in [6.07, 6.45) is 0. The van der Waals surface area contributed by atoms with Crippen molar-refractivity contribution in [2.24, 2.45) is 0 Å². The Morgan fingerprint density at radius 3 is 2.77 bits per heavy atom. The van der Waals surface area contributed by atoms with Crippen LogP contribution < -0.4 is 19.8 Å². The van der Waals surface area contributed by atoms with Gasteiger partial charge < -0.3 is 18.6 Å². The molecule has 0 aliphatic carbocycles. The van der Waals surface area contributed by atoms with Crippen molar-refractivity contribution >= 4 is 11.0 Å². The summed E-state index contributed by atoms with van der Waals surface area (Å²) in [5.74, 6) is 2.11. The lowest BCUT2D eigenvalue weighted by molar-refractivity contribution is 0.174. The number of benzene rings is 2. The van der Waals surface area contributed by atoms with Crippen molar-refractivity contribution in [1.82, 2.24) is 0 Å². The number of hydrogen-bond acceptors (Lipinski definition) is 5. The first kappa shape index (κ1) is 12.8. The maximum atomic E-state index is 11.2. The molecule has 1 aromatic heterocycles. The van der Waals surface area contributed by atoms with Gasteiger partial charge in [0.1, 0.15) is 17.9 Å². The Balaban J connectivity index is 1.55. The predicted molar refractivity (Wildman–Crippen MR) is 79.4 cm³/mol. The summed E-state index contributed by atoms with van der Waals surface area (Å²) in [5, 5.41) is 0.857. The van der Waals surface area contributed by atoms with Crippen LogP contribution in [0, 0.1) is 0 Å². The maximum Gasteiger partial charge on any atom is 0.336 e. The highest BCUT2D eigenvalue weighted by molar-refractivity contribution is 5.77. The standard InChI is InChI=1S/C17H12O5/c18-17-6-3-12-2-4-13(8-15(12)22-17)19-9-11-1-5-14-16(7-11)21-10-20-14/h1-8H,9-10H2. The zero-order valence-electron chi connectivity index (χ0n) is 11.6. The number of ether oxygens (including phenoxy) is 3. The van der Waals surface area contributed by atoms with Crippen molar-refractivity contribution in [2.45, 2.75) is 6.61 Å². The Bertz CT molecular complexity index is 897. The molecule has 0 atom stereocenters. The molecular formula is C17H12O5. The van der Waals surface area contributed by atoms with Gasteiger partial charge in [-0.2, -0.15) is 0 Å². The molecule has 0 saturated heterocycles. The Morgan fingerprint density at radius 2 is 1.82 bits per heavy atom. The Labute approximate surface area is 125 Å². The lowest BCUT2D eigenvalue weighted by Crippen LogP contribution is -1.97. The zero-order chi connectivity index (χ0) is 14.9. The summed E-state index contributed by atoms with van der Waals surface area (Å²) in [6.45, 7) is 0.641. The molecule has 1 aliphatic rings. The Kier molecular flexibility index (Phi) is 2.96. The van der Waals surface area contributed by atoms with Gasteiger partial charge in [0.05, 0.1) is 0 Å². The summed E-state index contributed by atoms with van der Waals surface area (Å²) in [7, 11) is 0. The van der Waals surface area contributed by atoms with Crippen LogP contribution in [-0.2, 0) is 6.61 Å². The predicted octanol–water partition coefficient (Wildman–Crippen LogP) is 3.10. The molecule has 0 spiro atoms. The molecule has 4 rings (SSSR count). The lowest BCUT2D eigenvalue weighted by Gasteiger charge is -2.07. The molecule has 1 aliphatic heterocycles. The van der Waals surface area contributed by atoms with Crippen molar-refractivity contribution in [3.63, 3.8) is 0 Å². The molecule has 0 radical (unpaired) electrons. The van der Waals surface area contributed by atoms with Crippen LogP contribution >= 0.6 is 0 Å². The van der Waals surface area contributed by atoms with E-state index < -0.39 is 0 Å². The third kappa shape index (κ3) is 2.37. The molecular weight excluding hydrogens is 284 g/mol. The average Bonchev–Trinajstić information content (AvgIpc) is 3.00. The van der Waals surface area contributed by atoms with Crippen LogP contribution in [-0.4, -0.2) is 6.79 Å². The van der Waals surface area contributed by atoms with Gasteiger partial charge in [0.15, 0.2) is 11.5 Å². The quantitative estimate of drug-likeness (QED) is 0.695. The Hall–Kier alpha value is -2.95. The summed E-state index contributed by atoms with van der Waals surface area (Å²) < 4.78 is 21.5. The number of fused-ring (bicyclic) bond motifs is 2. The third-order valence-corrected chi connectivity index (χ3v) is 3.44. The normalized spacial score (nSPS) is 12.5. The van der Waals surface area contributed by atoms with Gasteiger partial charge in [-0.3, -0.25) is 0 Å². The summed E-state index contributed by atoms with van der Waals surface area (Å²) in [6, 6.07) is 14.2. The molecule has 2 aromatic carbocycles. The van der Waals surface area contributed by atoms with E-state index >= 15 is 0 Å². The van der Waals surface area contributed by atoms with E-state index in [0.29, 0.717) is 17.9 Å². The molecule has 0 saturated carbocycles. The molecule has 3 aromatic rings. The second kappa shape index (κ2) is 5.11. The molecule has 22 heavy (non-hydrogen) atoms. The van der Waals surface area contributed by atoms with Gasteiger partial charge in [-0.1, -0.05) is 6.07 Å². The van der Waals surface area contributed by atoms with Gasteiger partial charge in [-0.05, 0) is 35.9 Å². The third-order valence-electron chi connectivity index (χ3n) is 3.44. The maximum absolute atomic E-state index is 11.2. The van der Waals surface area contributed by atoms with Gasteiger partial charge in [-0.25, -0.2) is 4.79 Å². The topological polar surface area (TPSA) is 57.9 Å². The van der Waals surface area contributed by atoms with Crippen molar-refractivity contribution in [2.75, 3.05) is 6.79 Å². The SMILES string of the molecule is O=c1ccc2ccc(OCc3ccc4c(c3)OCO4)cc2o1. The highest BCUT2D eigenvalue weighted by atomic mass is 16.7. The van der Waals surface area contributed by atoms with Gasteiger partial charge in [0.2, 0.25) is 6.79 Å². The monoisotopic (exact) mass is 296 g/mol. The first-order valence-electron chi connectivity index (χ1n) is 6.83. The van der Waals surface area contributed by atoms with Crippen molar-refractivity contribution in [3.8, 4) is 17.2 Å². The van der Waals surface area contributed by atoms with Crippen molar-refractivity contribution < 1.29 is 18.6 Å². The largest absolute Gasteiger partial charge is 0.489 e. The minimum Gasteiger partial charge on any atom is -0.489 e. The highest BCUT2D eigenvalue weighted by Gasteiger charge is 2.13. The first-order valence-corrected chi connectivity index (χ1v) is 6.83. The van der Waals surface area contributed by atoms with E-state index in [1.54, 1.807) is 12.1 Å². The summed E-state index contributed by atoms with van der Waals surface area (Å²) in [4.78, 5) is 11.2. The molecule has 110 valence electrons. The van der Waals surface area contributed by atoms with E-state index in [9.17, 15) is 4.79 Å². The smallest absolute Gasteiger partial charge is 0.336 e. The van der Waals surface area contributed by atoms with E-state index in [0.717, 1.165) is 22.4 Å². The van der Waals surface area contributed by atoms with Gasteiger partial charge in [0, 0.05) is 17.5 Å². The molecule has 0 fully saturated rings. The van der Waals surface area contributed by atoms with Crippen LogP contribution in [0.3, 0.4) is 0 Å². The van der Waals surface area contributed by atoms with Gasteiger partial charge >= 0.3 is 5.63 Å². The van der Waals surface area contributed by atoms with Crippen molar-refractivity contribution in [1.29, 1.82) is 0 Å². The fraction of sp³-hybridized carbons (Fsp3) is 0.118. The van der Waals surface area contributed by atoms with E-state index in [1.165, 1.54) is 6.07 Å². The molecule has 5 nitrogen and oxygen atoms in total. The molecule has 0 N–H and O–H groups in total. The molecule has 2 heterocycles. The summed E-state index contributed by atoms with van der Waals surface area (Å²) >= 11 is 0. The van der Waals surface area contributed by atoms with Crippen LogP contribution in [0.25, 0.3) is 11.0 Å². The summed E-state index contributed by atoms with van der Waals surface area (Å²) in [5.41, 5.74) is 1.11. The minimum absolute atomic E-state index is 0.253. The molecule has 0 amide bonds. The van der Waals surface area contributed by atoms with Crippen LogP contribution in [0.15, 0.2) is 57.7 Å². The average molecular weight is 296 g/mol. The Morgan fingerprint density at radius 1 is 0.955 bits per heavy atom. The van der Waals surface area contributed by atoms with E-state index in [2.05, 4.69) is 0 Å². The first-order chi connectivity index (χ1) is 10.8. The second-order valence-electron chi connectivity index (χ2n) is 4.93. The van der Waals surface area contributed by atoms with E-state index in [4.69, 9.17) is 18.6 Å². The number of rotatable bonds is 3. The molecule has 5 heteroatoms. The zero-order valence-corrected chi connectivity index (χ0v) is 11.6. The highest BCUT2D eigenvalue weighted by Crippen LogP contribution is 2.32. The fourth-order valence-electron chi connectivity index (χ4n) is 2.33. The van der Waals surface area contributed by atoms with Gasteiger partial charge in [0.25, 0.3) is 0 Å². The molecule has 0 unspecified atom stereocenters. The number of hydrogen-bond donors (Lipinski definition) is 0. The van der Waals surface area contributed by atoms with E-state index in [-0.39, 0.29) is 12.4 Å². The van der Waals surface area contributed by atoms with Crippen LogP contribution in [0.1, 0.15) is 5.56 Å². The minimum atomic E-state index is -0.375.